The first-order chi connectivity index (χ1) is 8.64. The minimum Gasteiger partial charge on any atom is -0.497 e. The van der Waals surface area contributed by atoms with Crippen LogP contribution in [0.25, 0.3) is 0 Å². The van der Waals surface area contributed by atoms with Gasteiger partial charge in [0.15, 0.2) is 0 Å². The molecule has 0 unspecified atom stereocenters. The second-order valence-electron chi connectivity index (χ2n) is 4.50. The van der Waals surface area contributed by atoms with Crippen LogP contribution < -0.4 is 10.2 Å². The number of nitrogens with two attached hydrogens (primary N) is 1. The molecule has 0 radical (unpaired) electrons. The Balaban J connectivity index is 0.000000283. The van der Waals surface area contributed by atoms with Gasteiger partial charge >= 0.3 is 0 Å². The SMILES string of the molecule is CC.COc1ccccc1.C[P+]1(N)CCCCC1. The van der Waals surface area contributed by atoms with Crippen LogP contribution in [-0.4, -0.2) is 26.1 Å². The van der Waals surface area contributed by atoms with Crippen LogP contribution in [0.5, 0.6) is 5.75 Å². The summed E-state index contributed by atoms with van der Waals surface area (Å²) in [7, 11) is 0.825. The van der Waals surface area contributed by atoms with Gasteiger partial charge in [-0.25, -0.2) is 5.50 Å². The Morgan fingerprint density at radius 3 is 1.78 bits per heavy atom. The normalized spacial score (nSPS) is 16.5. The van der Waals surface area contributed by atoms with Crippen molar-refractivity contribution >= 4 is 7.41 Å². The Bertz CT molecular complexity index is 280. The molecule has 2 rings (SSSR count). The summed E-state index contributed by atoms with van der Waals surface area (Å²) >= 11 is 0. The lowest BCUT2D eigenvalue weighted by Crippen LogP contribution is -2.15. The molecule has 18 heavy (non-hydrogen) atoms. The van der Waals surface area contributed by atoms with Crippen molar-refractivity contribution in [1.82, 2.24) is 0 Å². The summed E-state index contributed by atoms with van der Waals surface area (Å²) in [6, 6.07) is 9.68. The van der Waals surface area contributed by atoms with E-state index in [9.17, 15) is 0 Å². The molecule has 2 N–H and O–H groups in total. The second-order valence-corrected chi connectivity index (χ2v) is 8.36. The molecule has 0 spiro atoms. The lowest BCUT2D eigenvalue weighted by molar-refractivity contribution is 0.415. The summed E-state index contributed by atoms with van der Waals surface area (Å²) in [6.07, 6.45) is 6.88. The van der Waals surface area contributed by atoms with Crippen LogP contribution in [0.4, 0.5) is 0 Å². The molecular formula is C15H29NOP+. The van der Waals surface area contributed by atoms with Crippen LogP contribution >= 0.6 is 7.41 Å². The molecule has 2 nitrogen and oxygen atoms in total. The van der Waals surface area contributed by atoms with E-state index in [1.54, 1.807) is 7.11 Å². The number of ether oxygens (including phenoxy) is 1. The van der Waals surface area contributed by atoms with Crippen molar-refractivity contribution in [2.75, 3.05) is 26.1 Å². The highest BCUT2D eigenvalue weighted by atomic mass is 31.2. The first-order valence-electron chi connectivity index (χ1n) is 6.86. The highest BCUT2D eigenvalue weighted by Crippen LogP contribution is 2.50. The van der Waals surface area contributed by atoms with Crippen LogP contribution in [0.15, 0.2) is 30.3 Å². The van der Waals surface area contributed by atoms with Crippen LogP contribution in [0.1, 0.15) is 33.1 Å². The third-order valence-corrected chi connectivity index (χ3v) is 5.49. The van der Waals surface area contributed by atoms with E-state index in [4.69, 9.17) is 10.2 Å². The van der Waals surface area contributed by atoms with Gasteiger partial charge in [-0.05, 0) is 31.4 Å². The van der Waals surface area contributed by atoms with Crippen molar-refractivity contribution < 1.29 is 4.74 Å². The van der Waals surface area contributed by atoms with Crippen LogP contribution in [0, 0.1) is 0 Å². The van der Waals surface area contributed by atoms with Gasteiger partial charge in [0.1, 0.15) is 5.75 Å². The van der Waals surface area contributed by atoms with Crippen molar-refractivity contribution in [3.05, 3.63) is 30.3 Å². The summed E-state index contributed by atoms with van der Waals surface area (Å²) in [5, 5.41) is 0. The number of methoxy groups -OCH3 is 1. The van der Waals surface area contributed by atoms with Crippen LogP contribution in [-0.2, 0) is 0 Å². The molecule has 0 saturated carbocycles. The van der Waals surface area contributed by atoms with Gasteiger partial charge in [-0.3, -0.25) is 0 Å². The smallest absolute Gasteiger partial charge is 0.118 e. The molecule has 0 aromatic heterocycles. The van der Waals surface area contributed by atoms with Gasteiger partial charge in [0.05, 0.1) is 33.5 Å². The maximum Gasteiger partial charge on any atom is 0.118 e. The molecule has 0 bridgehead atoms. The van der Waals surface area contributed by atoms with E-state index in [0.29, 0.717) is 0 Å². The average molecular weight is 270 g/mol. The molecule has 104 valence electrons. The van der Waals surface area contributed by atoms with Gasteiger partial charge in [-0.2, -0.15) is 0 Å². The molecule has 1 fully saturated rings. The maximum atomic E-state index is 5.99. The molecule has 1 saturated heterocycles. The Kier molecular flexibility index (Phi) is 10.0. The maximum absolute atomic E-state index is 5.99. The summed E-state index contributed by atoms with van der Waals surface area (Å²) in [5.74, 6) is 0.910. The van der Waals surface area contributed by atoms with E-state index in [2.05, 4.69) is 6.66 Å². The Morgan fingerprint density at radius 2 is 1.50 bits per heavy atom. The fourth-order valence-corrected chi connectivity index (χ4v) is 3.91. The van der Waals surface area contributed by atoms with Gasteiger partial charge < -0.3 is 4.74 Å². The van der Waals surface area contributed by atoms with E-state index in [-0.39, 0.29) is 0 Å². The molecule has 0 amide bonds. The van der Waals surface area contributed by atoms with Crippen molar-refractivity contribution in [2.24, 2.45) is 5.50 Å². The predicted molar refractivity (Wildman–Crippen MR) is 85.0 cm³/mol. The highest BCUT2D eigenvalue weighted by Gasteiger charge is 2.27. The predicted octanol–water partition coefficient (Wildman–Crippen LogP) is 4.41. The third-order valence-electron chi connectivity index (χ3n) is 2.82. The number of hydrogen-bond donors (Lipinski definition) is 1. The highest BCUT2D eigenvalue weighted by molar-refractivity contribution is 7.72. The van der Waals surface area contributed by atoms with Crippen LogP contribution in [0.3, 0.4) is 0 Å². The van der Waals surface area contributed by atoms with E-state index in [1.165, 1.54) is 31.6 Å². The number of rotatable bonds is 1. The number of hydrogen-bond acceptors (Lipinski definition) is 2. The van der Waals surface area contributed by atoms with Gasteiger partial charge in [0, 0.05) is 0 Å². The van der Waals surface area contributed by atoms with Crippen molar-refractivity contribution in [2.45, 2.75) is 33.1 Å². The molecule has 1 heterocycles. The largest absolute Gasteiger partial charge is 0.497 e. The zero-order valence-electron chi connectivity index (χ0n) is 12.4. The fraction of sp³-hybridized carbons (Fsp3) is 0.600. The molecule has 3 heteroatoms. The summed E-state index contributed by atoms with van der Waals surface area (Å²) in [4.78, 5) is 0. The monoisotopic (exact) mass is 270 g/mol. The Hall–Kier alpha value is -0.590. The fourth-order valence-electron chi connectivity index (χ4n) is 1.79. The molecule has 1 aromatic carbocycles. The van der Waals surface area contributed by atoms with Gasteiger partial charge in [0.2, 0.25) is 0 Å². The topological polar surface area (TPSA) is 35.2 Å². The van der Waals surface area contributed by atoms with E-state index >= 15 is 0 Å². The summed E-state index contributed by atoms with van der Waals surface area (Å²) in [5.41, 5.74) is 5.99. The minimum absolute atomic E-state index is 0.837. The molecule has 1 aromatic rings. The van der Waals surface area contributed by atoms with Gasteiger partial charge in [0.25, 0.3) is 0 Å². The summed E-state index contributed by atoms with van der Waals surface area (Å²) in [6.45, 7) is 6.27. The zero-order valence-corrected chi connectivity index (χ0v) is 13.2. The Labute approximate surface area is 113 Å². The third kappa shape index (κ3) is 8.49. The lowest BCUT2D eigenvalue weighted by atomic mass is 10.3. The zero-order chi connectivity index (χ0) is 13.9. The van der Waals surface area contributed by atoms with E-state index < -0.39 is 7.41 Å². The van der Waals surface area contributed by atoms with Gasteiger partial charge in [-0.15, -0.1) is 0 Å². The molecule has 0 atom stereocenters. The quantitative estimate of drug-likeness (QED) is 0.767. The second kappa shape index (κ2) is 10.3. The minimum atomic E-state index is -0.837. The molecule has 1 aliphatic rings. The average Bonchev–Trinajstić information content (AvgIpc) is 2.42. The van der Waals surface area contributed by atoms with Crippen LogP contribution in [0.2, 0.25) is 0 Å². The van der Waals surface area contributed by atoms with E-state index in [1.807, 2.05) is 44.2 Å². The Morgan fingerprint density at radius 1 is 1.00 bits per heavy atom. The number of benzene rings is 1. The number of para-hydroxylation sites is 1. The first kappa shape index (κ1) is 17.4. The molecular weight excluding hydrogens is 241 g/mol. The lowest BCUT2D eigenvalue weighted by Gasteiger charge is -2.21. The molecule has 0 aliphatic carbocycles. The van der Waals surface area contributed by atoms with Crippen molar-refractivity contribution in [3.8, 4) is 5.75 Å². The van der Waals surface area contributed by atoms with E-state index in [0.717, 1.165) is 5.75 Å². The van der Waals surface area contributed by atoms with Gasteiger partial charge in [-0.1, -0.05) is 32.0 Å². The first-order valence-corrected chi connectivity index (χ1v) is 9.54. The molecule has 1 aliphatic heterocycles. The summed E-state index contributed by atoms with van der Waals surface area (Å²) < 4.78 is 4.91. The van der Waals surface area contributed by atoms with Crippen molar-refractivity contribution in [1.29, 1.82) is 0 Å². The standard InChI is InChI=1S/C7H8O.C6H15NP.C2H6/c1-8-7-5-3-2-4-6-7;1-8(7)5-3-2-4-6-8;1-2/h2-6H,1H3;2-7H2,1H3;1-2H3/q;+1;. The van der Waals surface area contributed by atoms with Crippen molar-refractivity contribution in [3.63, 3.8) is 0 Å².